The first-order valence-electron chi connectivity index (χ1n) is 7.49. The number of amides is 1. The summed E-state index contributed by atoms with van der Waals surface area (Å²) in [6, 6.07) is 2.09. The first-order chi connectivity index (χ1) is 9.79. The normalized spacial score (nSPS) is 15.2. The predicted molar refractivity (Wildman–Crippen MR) is 76.5 cm³/mol. The molecule has 0 radical (unpaired) electrons. The molecule has 0 atom stereocenters. The molecule has 3 rings (SSSR count). The molecule has 2 aliphatic rings. The molecule has 1 aromatic rings. The molecule has 0 spiro atoms. The van der Waals surface area contributed by atoms with Crippen molar-refractivity contribution >= 4 is 5.91 Å². The van der Waals surface area contributed by atoms with Crippen LogP contribution < -0.4 is 14.8 Å². The molecule has 0 saturated heterocycles. The standard InChI is InChI=1S/C16H21NO3/c1-2-3-6-17-15(18)10-13-12-5-8-19-14(12)9-11-4-7-20-16(11)13/h9H,2-8,10H2,1H3,(H,17,18). The smallest absolute Gasteiger partial charge is 0.224 e. The molecule has 4 nitrogen and oxygen atoms in total. The largest absolute Gasteiger partial charge is 0.493 e. The molecule has 20 heavy (non-hydrogen) atoms. The van der Waals surface area contributed by atoms with Gasteiger partial charge < -0.3 is 14.8 Å². The number of hydrogen-bond acceptors (Lipinski definition) is 3. The van der Waals surface area contributed by atoms with E-state index >= 15 is 0 Å². The number of hydrogen-bond donors (Lipinski definition) is 1. The Kier molecular flexibility index (Phi) is 3.81. The van der Waals surface area contributed by atoms with E-state index in [1.54, 1.807) is 0 Å². The highest BCUT2D eigenvalue weighted by atomic mass is 16.5. The zero-order valence-corrected chi connectivity index (χ0v) is 12.0. The maximum absolute atomic E-state index is 12.1. The van der Waals surface area contributed by atoms with Crippen molar-refractivity contribution in [3.05, 3.63) is 22.8 Å². The monoisotopic (exact) mass is 275 g/mol. The summed E-state index contributed by atoms with van der Waals surface area (Å²) in [5, 5.41) is 2.98. The van der Waals surface area contributed by atoms with Gasteiger partial charge in [0.2, 0.25) is 5.91 Å². The summed E-state index contributed by atoms with van der Waals surface area (Å²) in [6.07, 6.45) is 4.31. The van der Waals surface area contributed by atoms with Gasteiger partial charge in [-0.05, 0) is 12.5 Å². The summed E-state index contributed by atoms with van der Waals surface area (Å²) in [5.41, 5.74) is 3.39. The lowest BCUT2D eigenvalue weighted by atomic mass is 9.97. The Bertz CT molecular complexity index is 493. The minimum atomic E-state index is 0.0800. The van der Waals surface area contributed by atoms with Gasteiger partial charge in [0.25, 0.3) is 0 Å². The van der Waals surface area contributed by atoms with Gasteiger partial charge in [-0.3, -0.25) is 4.79 Å². The van der Waals surface area contributed by atoms with E-state index in [2.05, 4.69) is 18.3 Å². The van der Waals surface area contributed by atoms with E-state index in [0.717, 1.165) is 54.9 Å². The van der Waals surface area contributed by atoms with Crippen LogP contribution in [-0.2, 0) is 24.1 Å². The molecule has 0 unspecified atom stereocenters. The lowest BCUT2D eigenvalue weighted by Crippen LogP contribution is -2.26. The molecule has 0 fully saturated rings. The second kappa shape index (κ2) is 5.73. The maximum atomic E-state index is 12.1. The molecule has 0 aromatic heterocycles. The van der Waals surface area contributed by atoms with Crippen molar-refractivity contribution in [2.75, 3.05) is 19.8 Å². The fourth-order valence-corrected chi connectivity index (χ4v) is 2.90. The molecular formula is C16H21NO3. The van der Waals surface area contributed by atoms with Gasteiger partial charge in [0.15, 0.2) is 0 Å². The van der Waals surface area contributed by atoms with E-state index in [9.17, 15) is 4.79 Å². The summed E-state index contributed by atoms with van der Waals surface area (Å²) in [5.74, 6) is 1.96. The van der Waals surface area contributed by atoms with Crippen molar-refractivity contribution < 1.29 is 14.3 Å². The molecule has 0 aliphatic carbocycles. The molecule has 0 bridgehead atoms. The number of fused-ring (bicyclic) bond motifs is 2. The predicted octanol–water partition coefficient (Wildman–Crippen LogP) is 2.02. The van der Waals surface area contributed by atoms with Crippen molar-refractivity contribution in [1.29, 1.82) is 0 Å². The zero-order valence-electron chi connectivity index (χ0n) is 12.0. The van der Waals surface area contributed by atoms with E-state index in [0.29, 0.717) is 19.6 Å². The van der Waals surface area contributed by atoms with Gasteiger partial charge in [0.05, 0.1) is 19.6 Å². The van der Waals surface area contributed by atoms with Crippen LogP contribution >= 0.6 is 0 Å². The first kappa shape index (κ1) is 13.3. The lowest BCUT2D eigenvalue weighted by Gasteiger charge is -2.13. The number of rotatable bonds is 5. The van der Waals surface area contributed by atoms with E-state index in [4.69, 9.17) is 9.47 Å². The summed E-state index contributed by atoms with van der Waals surface area (Å²) >= 11 is 0. The van der Waals surface area contributed by atoms with Crippen LogP contribution in [0.1, 0.15) is 36.5 Å². The number of unbranched alkanes of at least 4 members (excludes halogenated alkanes) is 1. The zero-order chi connectivity index (χ0) is 13.9. The van der Waals surface area contributed by atoms with Crippen molar-refractivity contribution in [3.63, 3.8) is 0 Å². The lowest BCUT2D eigenvalue weighted by molar-refractivity contribution is -0.120. The average Bonchev–Trinajstić information content (AvgIpc) is 3.07. The number of nitrogens with one attached hydrogen (secondary N) is 1. The molecule has 4 heteroatoms. The Hall–Kier alpha value is -1.71. The second-order valence-electron chi connectivity index (χ2n) is 5.40. The second-order valence-corrected chi connectivity index (χ2v) is 5.40. The topological polar surface area (TPSA) is 47.6 Å². The first-order valence-corrected chi connectivity index (χ1v) is 7.49. The molecule has 1 amide bonds. The fourth-order valence-electron chi connectivity index (χ4n) is 2.90. The van der Waals surface area contributed by atoms with E-state index in [-0.39, 0.29) is 5.91 Å². The minimum absolute atomic E-state index is 0.0800. The van der Waals surface area contributed by atoms with E-state index in [1.165, 1.54) is 5.56 Å². The summed E-state index contributed by atoms with van der Waals surface area (Å²) in [6.45, 7) is 4.30. The number of ether oxygens (including phenoxy) is 2. The minimum Gasteiger partial charge on any atom is -0.493 e. The highest BCUT2D eigenvalue weighted by Crippen LogP contribution is 2.40. The third-order valence-electron chi connectivity index (χ3n) is 3.95. The summed E-state index contributed by atoms with van der Waals surface area (Å²) < 4.78 is 11.4. The van der Waals surface area contributed by atoms with Crippen LogP contribution in [0.4, 0.5) is 0 Å². The van der Waals surface area contributed by atoms with Gasteiger partial charge in [0.1, 0.15) is 11.5 Å². The molecule has 1 aromatic carbocycles. The van der Waals surface area contributed by atoms with Gasteiger partial charge in [-0.1, -0.05) is 13.3 Å². The maximum Gasteiger partial charge on any atom is 0.224 e. The average molecular weight is 275 g/mol. The van der Waals surface area contributed by atoms with Crippen molar-refractivity contribution in [2.45, 2.75) is 39.0 Å². The van der Waals surface area contributed by atoms with Crippen molar-refractivity contribution in [2.24, 2.45) is 0 Å². The van der Waals surface area contributed by atoms with Crippen LogP contribution in [0.25, 0.3) is 0 Å². The molecule has 2 aliphatic heterocycles. The van der Waals surface area contributed by atoms with Crippen LogP contribution in [0, 0.1) is 0 Å². The Labute approximate surface area is 119 Å². The van der Waals surface area contributed by atoms with Crippen LogP contribution in [0.3, 0.4) is 0 Å². The van der Waals surface area contributed by atoms with E-state index < -0.39 is 0 Å². The number of benzene rings is 1. The summed E-state index contributed by atoms with van der Waals surface area (Å²) in [7, 11) is 0. The third kappa shape index (κ3) is 2.47. The molecular weight excluding hydrogens is 254 g/mol. The Morgan fingerprint density at radius 2 is 2.15 bits per heavy atom. The SMILES string of the molecule is CCCCNC(=O)Cc1c2c(cc3c1OCC3)OCC2. The van der Waals surface area contributed by atoms with Gasteiger partial charge in [0, 0.05) is 36.1 Å². The van der Waals surface area contributed by atoms with Gasteiger partial charge in [-0.2, -0.15) is 0 Å². The van der Waals surface area contributed by atoms with E-state index in [1.807, 2.05) is 0 Å². The van der Waals surface area contributed by atoms with Gasteiger partial charge in [-0.25, -0.2) is 0 Å². The number of carbonyl (C=O) groups is 1. The van der Waals surface area contributed by atoms with Crippen molar-refractivity contribution in [1.82, 2.24) is 5.32 Å². The number of carbonyl (C=O) groups excluding carboxylic acids is 1. The third-order valence-corrected chi connectivity index (χ3v) is 3.95. The molecule has 108 valence electrons. The Balaban J connectivity index is 1.80. The molecule has 1 N–H and O–H groups in total. The summed E-state index contributed by atoms with van der Waals surface area (Å²) in [4.78, 5) is 12.1. The Morgan fingerprint density at radius 1 is 1.30 bits per heavy atom. The van der Waals surface area contributed by atoms with Gasteiger partial charge >= 0.3 is 0 Å². The van der Waals surface area contributed by atoms with Crippen molar-refractivity contribution in [3.8, 4) is 11.5 Å². The highest BCUT2D eigenvalue weighted by molar-refractivity contribution is 5.80. The quantitative estimate of drug-likeness (QED) is 0.836. The highest BCUT2D eigenvalue weighted by Gasteiger charge is 2.27. The van der Waals surface area contributed by atoms with Crippen LogP contribution in [0.5, 0.6) is 11.5 Å². The Morgan fingerprint density at radius 3 is 3.00 bits per heavy atom. The molecule has 0 saturated carbocycles. The van der Waals surface area contributed by atoms with Crippen LogP contribution in [0.15, 0.2) is 6.07 Å². The van der Waals surface area contributed by atoms with Crippen LogP contribution in [-0.4, -0.2) is 25.7 Å². The van der Waals surface area contributed by atoms with Gasteiger partial charge in [-0.15, -0.1) is 0 Å². The molecule has 2 heterocycles. The van der Waals surface area contributed by atoms with Crippen LogP contribution in [0.2, 0.25) is 0 Å². The fraction of sp³-hybridized carbons (Fsp3) is 0.562.